The molecule has 0 saturated carbocycles. The average Bonchev–Trinajstić information content (AvgIpc) is 3.07. The first-order chi connectivity index (χ1) is 12.7. The molecule has 0 spiro atoms. The lowest BCUT2D eigenvalue weighted by molar-refractivity contribution is -0.130. The molecule has 1 aromatic carbocycles. The van der Waals surface area contributed by atoms with Gasteiger partial charge in [0.2, 0.25) is 5.91 Å². The van der Waals surface area contributed by atoms with E-state index < -0.39 is 5.60 Å². The fraction of sp³-hybridized carbons (Fsp3) is 0.600. The molecule has 6 nitrogen and oxygen atoms in total. The van der Waals surface area contributed by atoms with Crippen LogP contribution >= 0.6 is 11.6 Å². The zero-order valence-corrected chi connectivity index (χ0v) is 17.4. The first kappa shape index (κ1) is 21.5. The number of amides is 2. The van der Waals surface area contributed by atoms with Crippen LogP contribution in [0.25, 0.3) is 0 Å². The molecule has 1 atom stereocenters. The van der Waals surface area contributed by atoms with Gasteiger partial charge in [-0.05, 0) is 51.8 Å². The van der Waals surface area contributed by atoms with Crippen LogP contribution in [0.15, 0.2) is 24.3 Å². The molecule has 1 saturated heterocycles. The normalized spacial score (nSPS) is 17.1. The minimum absolute atomic E-state index is 0.0446. The van der Waals surface area contributed by atoms with Gasteiger partial charge in [0.15, 0.2) is 0 Å². The molecule has 1 fully saturated rings. The molecule has 150 valence electrons. The van der Waals surface area contributed by atoms with Gasteiger partial charge in [0.05, 0.1) is 6.54 Å². The third-order valence-corrected chi connectivity index (χ3v) is 4.66. The lowest BCUT2D eigenvalue weighted by Gasteiger charge is -2.25. The molecule has 1 heterocycles. The van der Waals surface area contributed by atoms with E-state index in [-0.39, 0.29) is 24.6 Å². The first-order valence-electron chi connectivity index (χ1n) is 9.41. The van der Waals surface area contributed by atoms with E-state index in [9.17, 15) is 9.59 Å². The lowest BCUT2D eigenvalue weighted by atomic mass is 10.2. The molecule has 1 aliphatic heterocycles. The van der Waals surface area contributed by atoms with Gasteiger partial charge in [0.25, 0.3) is 0 Å². The van der Waals surface area contributed by atoms with Crippen molar-refractivity contribution in [1.82, 2.24) is 15.1 Å². The van der Waals surface area contributed by atoms with Crippen LogP contribution in [-0.4, -0.2) is 59.6 Å². The van der Waals surface area contributed by atoms with Crippen molar-refractivity contribution in [3.63, 3.8) is 0 Å². The number of hydrogen-bond acceptors (Lipinski definition) is 4. The number of nitrogens with one attached hydrogen (secondary N) is 1. The summed E-state index contributed by atoms with van der Waals surface area (Å²) in [6.07, 6.45) is 0.520. The fourth-order valence-corrected chi connectivity index (χ4v) is 3.08. The van der Waals surface area contributed by atoms with Crippen LogP contribution in [0.4, 0.5) is 4.79 Å². The van der Waals surface area contributed by atoms with E-state index in [0.717, 1.165) is 12.0 Å². The van der Waals surface area contributed by atoms with Crippen LogP contribution in [-0.2, 0) is 16.1 Å². The standard InChI is InChI=1S/C20H30ClN3O3/c1-5-23(13-15-6-8-16(21)9-7-15)18(25)12-22-17-10-11-24(14-17)19(26)27-20(2,3)4/h6-9,17,22H,5,10-14H2,1-4H3. The van der Waals surface area contributed by atoms with Gasteiger partial charge in [-0.2, -0.15) is 0 Å². The quantitative estimate of drug-likeness (QED) is 0.802. The summed E-state index contributed by atoms with van der Waals surface area (Å²) in [5, 5.41) is 3.96. The van der Waals surface area contributed by atoms with Gasteiger partial charge in [0, 0.05) is 37.2 Å². The number of hydrogen-bond donors (Lipinski definition) is 1. The monoisotopic (exact) mass is 395 g/mol. The van der Waals surface area contributed by atoms with Gasteiger partial charge in [-0.1, -0.05) is 23.7 Å². The smallest absolute Gasteiger partial charge is 0.410 e. The van der Waals surface area contributed by atoms with E-state index in [0.29, 0.717) is 31.2 Å². The molecule has 27 heavy (non-hydrogen) atoms. The summed E-state index contributed by atoms with van der Waals surface area (Å²) in [4.78, 5) is 28.2. The maximum Gasteiger partial charge on any atom is 0.410 e. The molecule has 0 radical (unpaired) electrons. The topological polar surface area (TPSA) is 61.9 Å². The number of carbonyl (C=O) groups excluding carboxylic acids is 2. The van der Waals surface area contributed by atoms with E-state index in [1.165, 1.54) is 0 Å². The Labute approximate surface area is 166 Å². The molecule has 1 aromatic rings. The number of likely N-dealkylation sites (N-methyl/N-ethyl adjacent to an activating group) is 1. The Morgan fingerprint density at radius 1 is 1.30 bits per heavy atom. The third-order valence-electron chi connectivity index (χ3n) is 4.40. The minimum Gasteiger partial charge on any atom is -0.444 e. The molecular formula is C20H30ClN3O3. The maximum atomic E-state index is 12.5. The van der Waals surface area contributed by atoms with Crippen LogP contribution in [0.3, 0.4) is 0 Å². The molecule has 2 amide bonds. The van der Waals surface area contributed by atoms with Crippen molar-refractivity contribution in [2.24, 2.45) is 0 Å². The predicted molar refractivity (Wildman–Crippen MR) is 107 cm³/mol. The molecule has 0 aromatic heterocycles. The van der Waals surface area contributed by atoms with Crippen molar-refractivity contribution < 1.29 is 14.3 Å². The maximum absolute atomic E-state index is 12.5. The summed E-state index contributed by atoms with van der Waals surface area (Å²) >= 11 is 5.91. The van der Waals surface area contributed by atoms with Gasteiger partial charge in [-0.15, -0.1) is 0 Å². The summed E-state index contributed by atoms with van der Waals surface area (Å²) in [7, 11) is 0. The SMILES string of the molecule is CCN(Cc1ccc(Cl)cc1)C(=O)CNC1CCN(C(=O)OC(C)(C)C)C1. The van der Waals surface area contributed by atoms with Crippen molar-refractivity contribution in [2.45, 2.75) is 52.3 Å². The van der Waals surface area contributed by atoms with Crippen molar-refractivity contribution in [1.29, 1.82) is 0 Å². The zero-order chi connectivity index (χ0) is 20.0. The second-order valence-electron chi connectivity index (χ2n) is 7.83. The van der Waals surface area contributed by atoms with Gasteiger partial charge in [-0.25, -0.2) is 4.79 Å². The van der Waals surface area contributed by atoms with Crippen molar-refractivity contribution in [3.05, 3.63) is 34.9 Å². The Balaban J connectivity index is 1.79. The van der Waals surface area contributed by atoms with Crippen LogP contribution in [0.2, 0.25) is 5.02 Å². The molecule has 1 N–H and O–H groups in total. The molecule has 0 aliphatic carbocycles. The molecule has 2 rings (SSSR count). The van der Waals surface area contributed by atoms with E-state index in [1.54, 1.807) is 9.80 Å². The highest BCUT2D eigenvalue weighted by Crippen LogP contribution is 2.15. The van der Waals surface area contributed by atoms with Gasteiger partial charge in [-0.3, -0.25) is 4.79 Å². The molecular weight excluding hydrogens is 366 g/mol. The summed E-state index contributed by atoms with van der Waals surface area (Å²) < 4.78 is 5.40. The van der Waals surface area contributed by atoms with Gasteiger partial charge >= 0.3 is 6.09 Å². The van der Waals surface area contributed by atoms with Crippen molar-refractivity contribution >= 4 is 23.6 Å². The van der Waals surface area contributed by atoms with E-state index in [1.807, 2.05) is 52.0 Å². The van der Waals surface area contributed by atoms with E-state index in [2.05, 4.69) is 5.32 Å². The van der Waals surface area contributed by atoms with Crippen molar-refractivity contribution in [3.8, 4) is 0 Å². The molecule has 1 aliphatic rings. The highest BCUT2D eigenvalue weighted by atomic mass is 35.5. The number of nitrogens with zero attached hydrogens (tertiary/aromatic N) is 2. The van der Waals surface area contributed by atoms with Crippen LogP contribution in [0.1, 0.15) is 39.7 Å². The van der Waals surface area contributed by atoms with Crippen LogP contribution in [0, 0.1) is 0 Å². The summed E-state index contributed by atoms with van der Waals surface area (Å²) in [5.74, 6) is 0.0446. The van der Waals surface area contributed by atoms with E-state index in [4.69, 9.17) is 16.3 Å². The lowest BCUT2D eigenvalue weighted by Crippen LogP contribution is -2.43. The van der Waals surface area contributed by atoms with Gasteiger partial charge in [0.1, 0.15) is 5.60 Å². The molecule has 7 heteroatoms. The Bertz CT molecular complexity index is 643. The minimum atomic E-state index is -0.498. The Morgan fingerprint density at radius 2 is 1.96 bits per heavy atom. The predicted octanol–water partition coefficient (Wildman–Crippen LogP) is 3.29. The number of likely N-dealkylation sites (tertiary alicyclic amines) is 1. The fourth-order valence-electron chi connectivity index (χ4n) is 2.95. The Kier molecular flexibility index (Phi) is 7.50. The summed E-state index contributed by atoms with van der Waals surface area (Å²) in [6.45, 7) is 10.2. The third kappa shape index (κ3) is 7.03. The summed E-state index contributed by atoms with van der Waals surface area (Å²) in [5.41, 5.74) is 0.550. The Morgan fingerprint density at radius 3 is 2.56 bits per heavy atom. The van der Waals surface area contributed by atoms with Crippen molar-refractivity contribution in [2.75, 3.05) is 26.2 Å². The molecule has 0 bridgehead atoms. The second-order valence-corrected chi connectivity index (χ2v) is 8.26. The van der Waals surface area contributed by atoms with E-state index >= 15 is 0 Å². The van der Waals surface area contributed by atoms with Crippen LogP contribution in [0.5, 0.6) is 0 Å². The second kappa shape index (κ2) is 9.42. The van der Waals surface area contributed by atoms with Crippen LogP contribution < -0.4 is 5.32 Å². The Hall–Kier alpha value is -1.79. The summed E-state index contributed by atoms with van der Waals surface area (Å²) in [6, 6.07) is 7.63. The number of ether oxygens (including phenoxy) is 1. The highest BCUT2D eigenvalue weighted by molar-refractivity contribution is 6.30. The number of benzene rings is 1. The zero-order valence-electron chi connectivity index (χ0n) is 16.6. The molecule has 1 unspecified atom stereocenters. The first-order valence-corrected chi connectivity index (χ1v) is 9.79. The number of carbonyl (C=O) groups is 2. The average molecular weight is 396 g/mol. The largest absolute Gasteiger partial charge is 0.444 e. The highest BCUT2D eigenvalue weighted by Gasteiger charge is 2.30. The van der Waals surface area contributed by atoms with Gasteiger partial charge < -0.3 is 19.9 Å². The number of halogens is 1. The number of rotatable bonds is 6.